The van der Waals surface area contributed by atoms with Gasteiger partial charge in [-0.2, -0.15) is 13.2 Å². The first-order valence-electron chi connectivity index (χ1n) is 5.62. The van der Waals surface area contributed by atoms with Crippen molar-refractivity contribution in [3.63, 3.8) is 0 Å². The van der Waals surface area contributed by atoms with Crippen LogP contribution in [0.4, 0.5) is 13.2 Å². The highest BCUT2D eigenvalue weighted by molar-refractivity contribution is 9.10. The summed E-state index contributed by atoms with van der Waals surface area (Å²) < 4.78 is 39.5. The molecule has 1 heterocycles. The molecule has 0 aliphatic carbocycles. The van der Waals surface area contributed by atoms with Gasteiger partial charge in [0.05, 0.1) is 0 Å². The van der Waals surface area contributed by atoms with Gasteiger partial charge in [0.25, 0.3) is 0 Å². The molecule has 20 heavy (non-hydrogen) atoms. The molecule has 1 aromatic carbocycles. The number of aliphatic hydroxyl groups is 1. The van der Waals surface area contributed by atoms with Gasteiger partial charge in [-0.25, -0.2) is 0 Å². The third-order valence-corrected chi connectivity index (χ3v) is 3.61. The Bertz CT molecular complexity index is 612. The number of nitrogens with zero attached hydrogens (tertiary/aromatic N) is 1. The fraction of sp³-hybridized carbons (Fsp3) is 0.231. The molecule has 1 N–H and O–H groups in total. The number of aromatic nitrogens is 1. The van der Waals surface area contributed by atoms with E-state index in [0.717, 1.165) is 10.0 Å². The third-order valence-electron chi connectivity index (χ3n) is 2.77. The summed E-state index contributed by atoms with van der Waals surface area (Å²) in [5.41, 5.74) is 0.587. The fourth-order valence-corrected chi connectivity index (χ4v) is 2.49. The zero-order valence-corrected chi connectivity index (χ0v) is 12.4. The van der Waals surface area contributed by atoms with E-state index >= 15 is 0 Å². The van der Waals surface area contributed by atoms with Crippen LogP contribution in [0.2, 0.25) is 5.02 Å². The van der Waals surface area contributed by atoms with Crippen LogP contribution in [0.5, 0.6) is 0 Å². The molecule has 2 nitrogen and oxygen atoms in total. The summed E-state index contributed by atoms with van der Waals surface area (Å²) in [7, 11) is 0. The van der Waals surface area contributed by atoms with Gasteiger partial charge in [-0.05, 0) is 23.8 Å². The number of benzene rings is 1. The maximum Gasteiger partial charge on any atom is 0.418 e. The molecule has 0 aliphatic rings. The lowest BCUT2D eigenvalue weighted by Crippen LogP contribution is -2.19. The molecule has 0 bridgehead atoms. The van der Waals surface area contributed by atoms with Crippen molar-refractivity contribution in [1.82, 2.24) is 4.57 Å². The number of hydrogen-bond donors (Lipinski definition) is 1. The van der Waals surface area contributed by atoms with Crippen molar-refractivity contribution in [1.29, 1.82) is 0 Å². The SMILES string of the molecule is OC(c1ccn(Cc2ccc(Br)cc2Cl)c1)C(F)(F)F. The average molecular weight is 369 g/mol. The van der Waals surface area contributed by atoms with Crippen LogP contribution in [0.25, 0.3) is 0 Å². The second-order valence-corrected chi connectivity index (χ2v) is 5.62. The van der Waals surface area contributed by atoms with E-state index in [4.69, 9.17) is 16.7 Å². The van der Waals surface area contributed by atoms with Crippen molar-refractivity contribution in [2.45, 2.75) is 18.8 Å². The van der Waals surface area contributed by atoms with E-state index in [-0.39, 0.29) is 5.56 Å². The smallest absolute Gasteiger partial charge is 0.379 e. The van der Waals surface area contributed by atoms with Crippen molar-refractivity contribution in [3.8, 4) is 0 Å². The van der Waals surface area contributed by atoms with Crippen LogP contribution in [0.15, 0.2) is 41.1 Å². The minimum absolute atomic E-state index is 0.189. The quantitative estimate of drug-likeness (QED) is 0.845. The highest BCUT2D eigenvalue weighted by Gasteiger charge is 2.39. The van der Waals surface area contributed by atoms with Crippen molar-refractivity contribution >= 4 is 27.5 Å². The van der Waals surface area contributed by atoms with E-state index in [2.05, 4.69) is 15.9 Å². The molecule has 0 saturated carbocycles. The highest BCUT2D eigenvalue weighted by Crippen LogP contribution is 2.32. The summed E-state index contributed by atoms with van der Waals surface area (Å²) in [5.74, 6) is 0. The predicted octanol–water partition coefficient (Wildman–Crippen LogP) is 4.55. The van der Waals surface area contributed by atoms with Crippen LogP contribution in [-0.2, 0) is 6.54 Å². The second-order valence-electron chi connectivity index (χ2n) is 4.30. The van der Waals surface area contributed by atoms with Gasteiger partial charge in [0.2, 0.25) is 0 Å². The van der Waals surface area contributed by atoms with Gasteiger partial charge in [0, 0.05) is 34.0 Å². The lowest BCUT2D eigenvalue weighted by molar-refractivity contribution is -0.206. The Kier molecular flexibility index (Phi) is 4.46. The lowest BCUT2D eigenvalue weighted by Gasteiger charge is -2.12. The van der Waals surface area contributed by atoms with Gasteiger partial charge in [-0.3, -0.25) is 0 Å². The molecule has 1 aromatic heterocycles. The Balaban J connectivity index is 2.18. The number of aliphatic hydroxyl groups excluding tert-OH is 1. The van der Waals surface area contributed by atoms with Crippen LogP contribution in [0, 0.1) is 0 Å². The normalized spacial score (nSPS) is 13.5. The molecular formula is C13H10BrClF3NO. The maximum absolute atomic E-state index is 12.4. The predicted molar refractivity (Wildman–Crippen MR) is 73.7 cm³/mol. The first-order chi connectivity index (χ1) is 9.27. The molecule has 7 heteroatoms. The lowest BCUT2D eigenvalue weighted by atomic mass is 10.2. The third kappa shape index (κ3) is 3.56. The zero-order valence-electron chi connectivity index (χ0n) is 10.0. The maximum atomic E-state index is 12.4. The summed E-state index contributed by atoms with van der Waals surface area (Å²) >= 11 is 9.33. The van der Waals surface area contributed by atoms with Crippen LogP contribution >= 0.6 is 27.5 Å². The van der Waals surface area contributed by atoms with Gasteiger partial charge < -0.3 is 9.67 Å². The molecule has 1 unspecified atom stereocenters. The molecule has 0 fully saturated rings. The molecular weight excluding hydrogens is 358 g/mol. The Morgan fingerprint density at radius 2 is 2.00 bits per heavy atom. The standard InChI is InChI=1S/C13H10BrClF3NO/c14-10-2-1-8(11(15)5-10)6-19-4-3-9(7-19)12(20)13(16,17)18/h1-5,7,12,20H,6H2. The minimum Gasteiger partial charge on any atom is -0.379 e. The summed E-state index contributed by atoms with van der Waals surface area (Å²) in [5, 5.41) is 9.68. The first kappa shape index (κ1) is 15.4. The Labute approximate surface area is 126 Å². The van der Waals surface area contributed by atoms with Crippen LogP contribution in [0.1, 0.15) is 17.2 Å². The highest BCUT2D eigenvalue weighted by atomic mass is 79.9. The largest absolute Gasteiger partial charge is 0.418 e. The molecule has 108 valence electrons. The van der Waals surface area contributed by atoms with E-state index < -0.39 is 12.3 Å². The molecule has 0 radical (unpaired) electrons. The molecule has 2 rings (SSSR count). The van der Waals surface area contributed by atoms with E-state index in [1.807, 2.05) is 0 Å². The van der Waals surface area contributed by atoms with E-state index in [1.165, 1.54) is 18.5 Å². The number of alkyl halides is 3. The summed E-state index contributed by atoms with van der Waals surface area (Å²) in [6.07, 6.45) is -4.40. The van der Waals surface area contributed by atoms with Crippen LogP contribution in [0.3, 0.4) is 0 Å². The summed E-state index contributed by atoms with van der Waals surface area (Å²) in [6.45, 7) is 0.330. The minimum atomic E-state index is -4.67. The number of rotatable bonds is 3. The Morgan fingerprint density at radius 1 is 1.30 bits per heavy atom. The second kappa shape index (κ2) is 5.79. The molecule has 0 aliphatic heterocycles. The van der Waals surface area contributed by atoms with Gasteiger partial charge in [-0.1, -0.05) is 33.6 Å². The molecule has 1 atom stereocenters. The summed E-state index contributed by atoms with van der Waals surface area (Å²) in [6, 6.07) is 6.54. The topological polar surface area (TPSA) is 25.2 Å². The monoisotopic (exact) mass is 367 g/mol. The van der Waals surface area contributed by atoms with Gasteiger partial charge in [-0.15, -0.1) is 0 Å². The van der Waals surface area contributed by atoms with Crippen molar-refractivity contribution in [3.05, 3.63) is 57.3 Å². The average Bonchev–Trinajstić information content (AvgIpc) is 2.79. The van der Waals surface area contributed by atoms with Crippen LogP contribution in [-0.4, -0.2) is 15.8 Å². The van der Waals surface area contributed by atoms with Gasteiger partial charge in [0.1, 0.15) is 0 Å². The van der Waals surface area contributed by atoms with Crippen molar-refractivity contribution < 1.29 is 18.3 Å². The molecule has 0 spiro atoms. The Morgan fingerprint density at radius 3 is 2.60 bits per heavy atom. The molecule has 0 amide bonds. The van der Waals surface area contributed by atoms with E-state index in [9.17, 15) is 13.2 Å². The number of halogens is 5. The number of hydrogen-bond acceptors (Lipinski definition) is 1. The first-order valence-corrected chi connectivity index (χ1v) is 6.79. The van der Waals surface area contributed by atoms with Gasteiger partial charge >= 0.3 is 6.18 Å². The fourth-order valence-electron chi connectivity index (χ4n) is 1.76. The zero-order chi connectivity index (χ0) is 14.9. The van der Waals surface area contributed by atoms with Crippen molar-refractivity contribution in [2.24, 2.45) is 0 Å². The van der Waals surface area contributed by atoms with Crippen molar-refractivity contribution in [2.75, 3.05) is 0 Å². The Hall–Kier alpha value is -0.980. The van der Waals surface area contributed by atoms with E-state index in [0.29, 0.717) is 11.6 Å². The molecule has 2 aromatic rings. The molecule has 0 saturated heterocycles. The van der Waals surface area contributed by atoms with Crippen LogP contribution < -0.4 is 0 Å². The summed E-state index contributed by atoms with van der Waals surface area (Å²) in [4.78, 5) is 0. The van der Waals surface area contributed by atoms with Gasteiger partial charge in [0.15, 0.2) is 6.10 Å². The van der Waals surface area contributed by atoms with E-state index in [1.54, 1.807) is 22.8 Å².